The Balaban J connectivity index is 1.71. The second-order valence-electron chi connectivity index (χ2n) is 5.83. The van der Waals surface area contributed by atoms with Gasteiger partial charge in [-0.15, -0.1) is 10.2 Å². The van der Waals surface area contributed by atoms with E-state index in [2.05, 4.69) is 15.5 Å². The Kier molecular flexibility index (Phi) is 6.03. The Hall–Kier alpha value is -2.51. The van der Waals surface area contributed by atoms with Crippen LogP contribution in [-0.2, 0) is 11.8 Å². The first kappa shape index (κ1) is 19.3. The number of hydrogen-bond acceptors (Lipinski definition) is 5. The number of halogens is 1. The maximum absolute atomic E-state index is 12.5. The zero-order chi connectivity index (χ0) is 19.4. The van der Waals surface area contributed by atoms with Crippen LogP contribution in [0.3, 0.4) is 0 Å². The van der Waals surface area contributed by atoms with Crippen LogP contribution in [0.2, 0.25) is 5.02 Å². The molecule has 0 spiro atoms. The van der Waals surface area contributed by atoms with Gasteiger partial charge < -0.3 is 14.6 Å². The van der Waals surface area contributed by atoms with E-state index in [9.17, 15) is 4.79 Å². The number of anilines is 1. The Morgan fingerprint density at radius 1 is 1.22 bits per heavy atom. The summed E-state index contributed by atoms with van der Waals surface area (Å²) in [5.41, 5.74) is 1.48. The van der Waals surface area contributed by atoms with Crippen LogP contribution < -0.4 is 10.1 Å². The van der Waals surface area contributed by atoms with Gasteiger partial charge in [-0.2, -0.15) is 0 Å². The summed E-state index contributed by atoms with van der Waals surface area (Å²) < 4.78 is 7.01. The van der Waals surface area contributed by atoms with E-state index < -0.39 is 0 Å². The summed E-state index contributed by atoms with van der Waals surface area (Å²) in [6.45, 7) is 1.82. The number of carbonyl (C=O) groups is 1. The van der Waals surface area contributed by atoms with E-state index in [1.165, 1.54) is 11.8 Å². The van der Waals surface area contributed by atoms with Crippen molar-refractivity contribution >= 4 is 35.0 Å². The van der Waals surface area contributed by atoms with Gasteiger partial charge in [0.1, 0.15) is 5.75 Å². The monoisotopic (exact) mass is 402 g/mol. The number of hydrogen-bond donors (Lipinski definition) is 1. The molecule has 0 saturated carbocycles. The van der Waals surface area contributed by atoms with Crippen molar-refractivity contribution in [2.75, 3.05) is 12.4 Å². The quantitative estimate of drug-likeness (QED) is 0.624. The lowest BCUT2D eigenvalue weighted by atomic mass is 10.2. The molecule has 0 unspecified atom stereocenters. The van der Waals surface area contributed by atoms with Crippen molar-refractivity contribution in [2.24, 2.45) is 7.05 Å². The number of nitrogens with zero attached hydrogens (tertiary/aromatic N) is 3. The highest BCUT2D eigenvalue weighted by Gasteiger charge is 2.20. The molecule has 3 aromatic rings. The number of amides is 1. The summed E-state index contributed by atoms with van der Waals surface area (Å²) in [4.78, 5) is 12.5. The molecule has 27 heavy (non-hydrogen) atoms. The van der Waals surface area contributed by atoms with Gasteiger partial charge in [0, 0.05) is 24.4 Å². The van der Waals surface area contributed by atoms with Gasteiger partial charge in [-0.3, -0.25) is 4.79 Å². The molecule has 0 aliphatic rings. The topological polar surface area (TPSA) is 69.0 Å². The molecule has 8 heteroatoms. The summed E-state index contributed by atoms with van der Waals surface area (Å²) in [6, 6.07) is 14.7. The minimum Gasteiger partial charge on any atom is -0.497 e. The van der Waals surface area contributed by atoms with E-state index in [1.54, 1.807) is 13.2 Å². The number of nitrogens with one attached hydrogen (secondary N) is 1. The Morgan fingerprint density at radius 2 is 2.00 bits per heavy atom. The van der Waals surface area contributed by atoms with Crippen LogP contribution in [0.1, 0.15) is 6.92 Å². The summed E-state index contributed by atoms with van der Waals surface area (Å²) in [5.74, 6) is 1.21. The molecular weight excluding hydrogens is 384 g/mol. The lowest BCUT2D eigenvalue weighted by molar-refractivity contribution is -0.115. The summed E-state index contributed by atoms with van der Waals surface area (Å²) in [7, 11) is 3.44. The lowest BCUT2D eigenvalue weighted by Crippen LogP contribution is -2.22. The molecule has 1 atom stereocenters. The summed E-state index contributed by atoms with van der Waals surface area (Å²) in [5, 5.41) is 12.2. The maximum Gasteiger partial charge on any atom is 0.237 e. The van der Waals surface area contributed by atoms with Crippen molar-refractivity contribution in [3.63, 3.8) is 0 Å². The molecule has 140 valence electrons. The number of benzene rings is 2. The van der Waals surface area contributed by atoms with Gasteiger partial charge >= 0.3 is 0 Å². The van der Waals surface area contributed by atoms with E-state index >= 15 is 0 Å². The summed E-state index contributed by atoms with van der Waals surface area (Å²) >= 11 is 7.58. The van der Waals surface area contributed by atoms with Crippen LogP contribution in [0.25, 0.3) is 11.4 Å². The first-order valence-corrected chi connectivity index (χ1v) is 9.51. The third-order valence-electron chi connectivity index (χ3n) is 3.94. The Labute approximate surface area is 166 Å². The second-order valence-corrected chi connectivity index (χ2v) is 7.54. The van der Waals surface area contributed by atoms with Gasteiger partial charge in [0.05, 0.1) is 17.4 Å². The van der Waals surface area contributed by atoms with Crippen LogP contribution in [-0.4, -0.2) is 33.0 Å². The van der Waals surface area contributed by atoms with Gasteiger partial charge in [-0.25, -0.2) is 0 Å². The highest BCUT2D eigenvalue weighted by atomic mass is 35.5. The minimum atomic E-state index is -0.363. The molecule has 0 aliphatic heterocycles. The van der Waals surface area contributed by atoms with Gasteiger partial charge in [-0.05, 0) is 31.2 Å². The Bertz CT molecular complexity index is 960. The Morgan fingerprint density at radius 3 is 2.74 bits per heavy atom. The van der Waals surface area contributed by atoms with Crippen molar-refractivity contribution in [3.05, 3.63) is 53.6 Å². The first-order valence-electron chi connectivity index (χ1n) is 8.25. The molecule has 1 N–H and O–H groups in total. The van der Waals surface area contributed by atoms with Crippen LogP contribution in [0.15, 0.2) is 53.7 Å². The minimum absolute atomic E-state index is 0.129. The van der Waals surface area contributed by atoms with Crippen LogP contribution >= 0.6 is 23.4 Å². The highest BCUT2D eigenvalue weighted by molar-refractivity contribution is 8.00. The molecule has 0 radical (unpaired) electrons. The average Bonchev–Trinajstić information content (AvgIpc) is 3.02. The van der Waals surface area contributed by atoms with E-state index in [0.717, 1.165) is 5.56 Å². The number of rotatable bonds is 6. The van der Waals surface area contributed by atoms with Gasteiger partial charge in [0.2, 0.25) is 5.91 Å². The third-order valence-corrected chi connectivity index (χ3v) is 5.40. The fraction of sp³-hybridized carbons (Fsp3) is 0.211. The average molecular weight is 403 g/mol. The molecule has 2 aromatic carbocycles. The zero-order valence-corrected chi connectivity index (χ0v) is 16.7. The summed E-state index contributed by atoms with van der Waals surface area (Å²) in [6.07, 6.45) is 0. The van der Waals surface area contributed by atoms with Crippen molar-refractivity contribution in [2.45, 2.75) is 17.3 Å². The molecule has 1 aromatic heterocycles. The van der Waals surface area contributed by atoms with Crippen molar-refractivity contribution in [3.8, 4) is 17.1 Å². The fourth-order valence-corrected chi connectivity index (χ4v) is 3.49. The number of ether oxygens (including phenoxy) is 1. The molecule has 0 aliphatic carbocycles. The second kappa shape index (κ2) is 8.45. The smallest absolute Gasteiger partial charge is 0.237 e. The van der Waals surface area contributed by atoms with Gasteiger partial charge in [-0.1, -0.05) is 41.6 Å². The molecule has 0 fully saturated rings. The number of carbonyl (C=O) groups excluding carboxylic acids is 1. The molecule has 3 rings (SSSR count). The molecule has 6 nitrogen and oxygen atoms in total. The van der Waals surface area contributed by atoms with E-state index in [-0.39, 0.29) is 11.2 Å². The molecule has 0 saturated heterocycles. The standard InChI is InChI=1S/C19H19ClN4O2S/c1-12(18(25)21-13-7-6-8-14(11-13)26-3)27-19-23-22-17(24(19)2)15-9-4-5-10-16(15)20/h4-12H,1-3H3,(H,21,25)/t12-/m1/s1. The lowest BCUT2D eigenvalue weighted by Gasteiger charge is -2.12. The van der Waals surface area contributed by atoms with Gasteiger partial charge in [0.25, 0.3) is 0 Å². The maximum atomic E-state index is 12.5. The van der Waals surface area contributed by atoms with Crippen LogP contribution in [0.4, 0.5) is 5.69 Å². The third kappa shape index (κ3) is 4.43. The highest BCUT2D eigenvalue weighted by Crippen LogP contribution is 2.30. The number of thioether (sulfide) groups is 1. The van der Waals surface area contributed by atoms with Crippen LogP contribution in [0, 0.1) is 0 Å². The molecule has 1 amide bonds. The van der Waals surface area contributed by atoms with E-state index in [1.807, 2.05) is 61.0 Å². The zero-order valence-electron chi connectivity index (χ0n) is 15.1. The SMILES string of the molecule is COc1cccc(NC(=O)[C@@H](C)Sc2nnc(-c3ccccc3Cl)n2C)c1. The van der Waals surface area contributed by atoms with E-state index in [4.69, 9.17) is 16.3 Å². The predicted molar refractivity (Wildman–Crippen MR) is 108 cm³/mol. The normalized spacial score (nSPS) is 11.9. The van der Waals surface area contributed by atoms with Crippen LogP contribution in [0.5, 0.6) is 5.75 Å². The van der Waals surface area contributed by atoms with Crippen molar-refractivity contribution in [1.29, 1.82) is 0 Å². The molecule has 1 heterocycles. The largest absolute Gasteiger partial charge is 0.497 e. The molecule has 0 bridgehead atoms. The predicted octanol–water partition coefficient (Wildman–Crippen LogP) is 4.26. The molecular formula is C19H19ClN4O2S. The number of aromatic nitrogens is 3. The fourth-order valence-electron chi connectivity index (χ4n) is 2.45. The number of methoxy groups -OCH3 is 1. The van der Waals surface area contributed by atoms with Crippen molar-refractivity contribution < 1.29 is 9.53 Å². The van der Waals surface area contributed by atoms with Gasteiger partial charge in [0.15, 0.2) is 11.0 Å². The van der Waals surface area contributed by atoms with E-state index in [0.29, 0.717) is 27.4 Å². The van der Waals surface area contributed by atoms with Crippen molar-refractivity contribution in [1.82, 2.24) is 14.8 Å². The first-order chi connectivity index (χ1) is 13.0.